The van der Waals surface area contributed by atoms with E-state index in [1.165, 1.54) is 0 Å². The number of hydrogen-bond acceptors (Lipinski definition) is 7. The molecule has 0 radical (unpaired) electrons. The first-order valence-electron chi connectivity index (χ1n) is 5.93. The van der Waals surface area contributed by atoms with Crippen LogP contribution in [0.15, 0.2) is 30.6 Å². The van der Waals surface area contributed by atoms with Crippen molar-refractivity contribution < 1.29 is 18.9 Å². The van der Waals surface area contributed by atoms with Gasteiger partial charge in [-0.05, 0) is 18.2 Å². The van der Waals surface area contributed by atoms with E-state index < -0.39 is 7.82 Å². The second-order valence-electron chi connectivity index (χ2n) is 3.98. The zero-order valence-electron chi connectivity index (χ0n) is 10.9. The first-order chi connectivity index (χ1) is 9.94. The number of phosphoric ester groups is 1. The van der Waals surface area contributed by atoms with Crippen LogP contribution in [0.5, 0.6) is 0 Å². The average Bonchev–Trinajstić information content (AvgIpc) is 2.43. The van der Waals surface area contributed by atoms with E-state index in [-0.39, 0.29) is 19.1 Å². The van der Waals surface area contributed by atoms with Crippen LogP contribution >= 0.6 is 7.82 Å². The highest BCUT2D eigenvalue weighted by molar-refractivity contribution is 7.46. The smallest absolute Gasteiger partial charge is 0.368 e. The number of nitrogens with two attached hydrogens (primary N) is 1. The predicted molar refractivity (Wildman–Crippen MR) is 76.2 cm³/mol. The monoisotopic (exact) mass is 311 g/mol. The van der Waals surface area contributed by atoms with Gasteiger partial charge in [0, 0.05) is 24.5 Å². The number of nitrogens with zero attached hydrogens (tertiary/aromatic N) is 3. The predicted octanol–water partition coefficient (Wildman–Crippen LogP) is 0.642. The van der Waals surface area contributed by atoms with E-state index >= 15 is 0 Å². The first kappa shape index (κ1) is 15.3. The largest absolute Gasteiger partial charge is 0.469 e. The summed E-state index contributed by atoms with van der Waals surface area (Å²) in [4.78, 5) is 29.1. The second-order valence-corrected chi connectivity index (χ2v) is 5.22. The standard InChI is InChI=1S/C11H14N5O4P/c12-11-15-4-2-9(16-11)8-1-3-13-10(7-8)14-5-6-20-21(17,18)19/h1-4,7H,5-6H2,(H,13,14)(H2,12,15,16)(H2,17,18,19). The Morgan fingerprint density at radius 3 is 2.76 bits per heavy atom. The van der Waals surface area contributed by atoms with Gasteiger partial charge in [0.25, 0.3) is 0 Å². The van der Waals surface area contributed by atoms with Crippen LogP contribution in [0.3, 0.4) is 0 Å². The molecule has 112 valence electrons. The summed E-state index contributed by atoms with van der Waals surface area (Å²) in [7, 11) is -4.44. The fraction of sp³-hybridized carbons (Fsp3) is 0.182. The van der Waals surface area contributed by atoms with Gasteiger partial charge in [-0.25, -0.2) is 19.5 Å². The van der Waals surface area contributed by atoms with Crippen LogP contribution < -0.4 is 11.1 Å². The SMILES string of the molecule is Nc1nccc(-c2ccnc(NCCOP(=O)(O)O)c2)n1. The van der Waals surface area contributed by atoms with E-state index in [1.807, 2.05) is 0 Å². The summed E-state index contributed by atoms with van der Waals surface area (Å²) in [6.07, 6.45) is 3.14. The molecule has 0 amide bonds. The van der Waals surface area contributed by atoms with E-state index in [4.69, 9.17) is 15.5 Å². The Balaban J connectivity index is 2.00. The van der Waals surface area contributed by atoms with Crippen LogP contribution in [-0.2, 0) is 9.09 Å². The molecule has 10 heteroatoms. The van der Waals surface area contributed by atoms with Crippen molar-refractivity contribution in [3.8, 4) is 11.3 Å². The number of pyridine rings is 1. The Labute approximate surface area is 120 Å². The number of anilines is 2. The molecule has 2 heterocycles. The molecule has 0 fully saturated rings. The third kappa shape index (κ3) is 5.09. The van der Waals surface area contributed by atoms with Gasteiger partial charge >= 0.3 is 7.82 Å². The van der Waals surface area contributed by atoms with Gasteiger partial charge in [-0.15, -0.1) is 0 Å². The van der Waals surface area contributed by atoms with Crippen LogP contribution in [0.25, 0.3) is 11.3 Å². The molecule has 21 heavy (non-hydrogen) atoms. The molecule has 2 aromatic rings. The topological polar surface area (TPSA) is 143 Å². The van der Waals surface area contributed by atoms with Crippen molar-refractivity contribution in [2.75, 3.05) is 24.2 Å². The van der Waals surface area contributed by atoms with Gasteiger partial charge < -0.3 is 20.8 Å². The summed E-state index contributed by atoms with van der Waals surface area (Å²) >= 11 is 0. The quantitative estimate of drug-likeness (QED) is 0.446. The molecule has 0 spiro atoms. The molecule has 9 nitrogen and oxygen atoms in total. The van der Waals surface area contributed by atoms with Crippen molar-refractivity contribution in [3.05, 3.63) is 30.6 Å². The zero-order chi connectivity index (χ0) is 15.3. The molecule has 0 aliphatic rings. The molecular formula is C11H14N5O4P. The highest BCUT2D eigenvalue weighted by Gasteiger charge is 2.12. The molecular weight excluding hydrogens is 297 g/mol. The molecule has 0 saturated carbocycles. The van der Waals surface area contributed by atoms with Gasteiger partial charge in [-0.1, -0.05) is 0 Å². The molecule has 2 rings (SSSR count). The third-order valence-corrected chi connectivity index (χ3v) is 2.92. The van der Waals surface area contributed by atoms with Crippen LogP contribution in [0, 0.1) is 0 Å². The number of phosphoric acid groups is 1. The summed E-state index contributed by atoms with van der Waals surface area (Å²) in [6.45, 7) is 0.0596. The average molecular weight is 311 g/mol. The summed E-state index contributed by atoms with van der Waals surface area (Å²) in [5.74, 6) is 0.702. The van der Waals surface area contributed by atoms with Crippen molar-refractivity contribution in [2.45, 2.75) is 0 Å². The highest BCUT2D eigenvalue weighted by atomic mass is 31.2. The Morgan fingerprint density at radius 2 is 2.05 bits per heavy atom. The maximum absolute atomic E-state index is 10.5. The number of nitrogens with one attached hydrogen (secondary N) is 1. The Kier molecular flexibility index (Phi) is 4.81. The normalized spacial score (nSPS) is 11.3. The van der Waals surface area contributed by atoms with Crippen LogP contribution in [0.4, 0.5) is 11.8 Å². The van der Waals surface area contributed by atoms with Crippen molar-refractivity contribution in [1.82, 2.24) is 15.0 Å². The van der Waals surface area contributed by atoms with Crippen molar-refractivity contribution in [3.63, 3.8) is 0 Å². The fourth-order valence-electron chi connectivity index (χ4n) is 1.56. The fourth-order valence-corrected chi connectivity index (χ4v) is 1.89. The van der Waals surface area contributed by atoms with Crippen molar-refractivity contribution in [2.24, 2.45) is 0 Å². The van der Waals surface area contributed by atoms with Gasteiger partial charge in [0.15, 0.2) is 0 Å². The maximum Gasteiger partial charge on any atom is 0.469 e. The molecule has 0 saturated heterocycles. The third-order valence-electron chi connectivity index (χ3n) is 2.40. The number of rotatable bonds is 6. The number of aromatic nitrogens is 3. The van der Waals surface area contributed by atoms with Crippen LogP contribution in [-0.4, -0.2) is 37.9 Å². The molecule has 2 aromatic heterocycles. The Hall–Kier alpha value is -2.06. The molecule has 0 bridgehead atoms. The van der Waals surface area contributed by atoms with E-state index in [2.05, 4.69) is 24.8 Å². The minimum absolute atomic E-state index is 0.142. The van der Waals surface area contributed by atoms with Gasteiger partial charge in [-0.3, -0.25) is 4.52 Å². The van der Waals surface area contributed by atoms with E-state index in [0.29, 0.717) is 11.5 Å². The summed E-state index contributed by atoms with van der Waals surface area (Å²) in [6, 6.07) is 5.21. The zero-order valence-corrected chi connectivity index (χ0v) is 11.8. The lowest BCUT2D eigenvalue weighted by molar-refractivity contribution is 0.204. The lowest BCUT2D eigenvalue weighted by Crippen LogP contribution is -2.09. The van der Waals surface area contributed by atoms with E-state index in [9.17, 15) is 4.57 Å². The molecule has 5 N–H and O–H groups in total. The Morgan fingerprint density at radius 1 is 1.29 bits per heavy atom. The lowest BCUT2D eigenvalue weighted by Gasteiger charge is -2.08. The number of hydrogen-bond donors (Lipinski definition) is 4. The first-order valence-corrected chi connectivity index (χ1v) is 7.46. The summed E-state index contributed by atoms with van der Waals surface area (Å²) in [5, 5.41) is 2.89. The van der Waals surface area contributed by atoms with E-state index in [1.54, 1.807) is 30.6 Å². The minimum Gasteiger partial charge on any atom is -0.368 e. The van der Waals surface area contributed by atoms with Crippen molar-refractivity contribution >= 4 is 19.6 Å². The summed E-state index contributed by atoms with van der Waals surface area (Å²) in [5.41, 5.74) is 6.97. The molecule has 0 aliphatic carbocycles. The lowest BCUT2D eigenvalue weighted by atomic mass is 10.2. The van der Waals surface area contributed by atoms with Gasteiger partial charge in [-0.2, -0.15) is 0 Å². The highest BCUT2D eigenvalue weighted by Crippen LogP contribution is 2.35. The van der Waals surface area contributed by atoms with Crippen molar-refractivity contribution in [1.29, 1.82) is 0 Å². The number of nitrogen functional groups attached to an aromatic ring is 1. The molecule has 0 atom stereocenters. The maximum atomic E-state index is 10.5. The Bertz CT molecular complexity index is 663. The molecule has 0 aliphatic heterocycles. The van der Waals surface area contributed by atoms with Crippen LogP contribution in [0.1, 0.15) is 0 Å². The van der Waals surface area contributed by atoms with Gasteiger partial charge in [0.1, 0.15) is 5.82 Å². The van der Waals surface area contributed by atoms with E-state index in [0.717, 1.165) is 5.56 Å². The summed E-state index contributed by atoms with van der Waals surface area (Å²) < 4.78 is 14.8. The van der Waals surface area contributed by atoms with Gasteiger partial charge in [0.05, 0.1) is 12.3 Å². The molecule has 0 unspecified atom stereocenters. The minimum atomic E-state index is -4.44. The molecule has 0 aromatic carbocycles. The van der Waals surface area contributed by atoms with Gasteiger partial charge in [0.2, 0.25) is 5.95 Å². The van der Waals surface area contributed by atoms with Crippen LogP contribution in [0.2, 0.25) is 0 Å². The second kappa shape index (κ2) is 6.59.